The molecular formula is C17H29Cl2N3O2S. The Kier molecular flexibility index (Phi) is 9.12. The summed E-state index contributed by atoms with van der Waals surface area (Å²) in [5, 5.41) is 4.42. The number of aryl methyl sites for hydroxylation is 2. The number of carbonyl (C=O) groups is 1. The fourth-order valence-corrected chi connectivity index (χ4v) is 4.96. The van der Waals surface area contributed by atoms with Crippen LogP contribution in [0, 0.1) is 5.41 Å². The fraction of sp³-hybridized carbons (Fsp3) is 0.765. The van der Waals surface area contributed by atoms with E-state index in [-0.39, 0.29) is 36.1 Å². The van der Waals surface area contributed by atoms with Crippen LogP contribution in [-0.4, -0.2) is 49.6 Å². The highest BCUT2D eigenvalue weighted by molar-refractivity contribution is 7.11. The quantitative estimate of drug-likeness (QED) is 0.811. The molecule has 3 rings (SSSR count). The first-order chi connectivity index (χ1) is 11.1. The van der Waals surface area contributed by atoms with E-state index in [0.717, 1.165) is 43.8 Å². The Morgan fingerprint density at radius 2 is 1.96 bits per heavy atom. The Labute approximate surface area is 166 Å². The van der Waals surface area contributed by atoms with Gasteiger partial charge in [0.2, 0.25) is 5.91 Å². The molecule has 0 saturated carbocycles. The van der Waals surface area contributed by atoms with Crippen LogP contribution >= 0.6 is 36.2 Å². The number of methoxy groups -OCH3 is 1. The highest BCUT2D eigenvalue weighted by Crippen LogP contribution is 2.33. The zero-order chi connectivity index (χ0) is 16.3. The Balaban J connectivity index is 0.00000156. The Morgan fingerprint density at radius 3 is 2.60 bits per heavy atom. The predicted molar refractivity (Wildman–Crippen MR) is 106 cm³/mol. The van der Waals surface area contributed by atoms with Crippen molar-refractivity contribution in [2.24, 2.45) is 5.41 Å². The third kappa shape index (κ3) is 5.07. The minimum atomic E-state index is -0.369. The van der Waals surface area contributed by atoms with Gasteiger partial charge in [-0.3, -0.25) is 4.79 Å². The molecule has 0 aromatic carbocycles. The van der Waals surface area contributed by atoms with Crippen LogP contribution < -0.4 is 5.32 Å². The molecule has 1 aromatic heterocycles. The van der Waals surface area contributed by atoms with Crippen molar-refractivity contribution >= 4 is 42.1 Å². The molecule has 1 amide bonds. The summed E-state index contributed by atoms with van der Waals surface area (Å²) >= 11 is 1.79. The average Bonchev–Trinajstić information content (AvgIpc) is 2.97. The molecular weight excluding hydrogens is 381 g/mol. The summed E-state index contributed by atoms with van der Waals surface area (Å²) in [7, 11) is 3.59. The van der Waals surface area contributed by atoms with Gasteiger partial charge in [0.1, 0.15) is 5.01 Å². The summed E-state index contributed by atoms with van der Waals surface area (Å²) in [6.45, 7) is 2.89. The summed E-state index contributed by atoms with van der Waals surface area (Å²) in [6.07, 6.45) is 6.46. The van der Waals surface area contributed by atoms with Crippen molar-refractivity contribution in [2.75, 3.05) is 33.9 Å². The highest BCUT2D eigenvalue weighted by Gasteiger charge is 2.41. The van der Waals surface area contributed by atoms with Gasteiger partial charge in [0.05, 0.1) is 24.3 Å². The SMILES string of the molecule is COCC1(C(=O)N(C)Cc2nc3c(s2)CCCC3)CCNCC1.Cl.Cl. The van der Waals surface area contributed by atoms with E-state index in [1.54, 1.807) is 18.4 Å². The number of hydrogen-bond donors (Lipinski definition) is 1. The van der Waals surface area contributed by atoms with Gasteiger partial charge in [-0.15, -0.1) is 36.2 Å². The van der Waals surface area contributed by atoms with Crippen LogP contribution in [0.1, 0.15) is 41.3 Å². The first kappa shape index (κ1) is 22.6. The molecule has 2 heterocycles. The molecule has 1 fully saturated rings. The molecule has 1 aromatic rings. The van der Waals surface area contributed by atoms with E-state index >= 15 is 0 Å². The van der Waals surface area contributed by atoms with E-state index in [4.69, 9.17) is 9.72 Å². The zero-order valence-electron chi connectivity index (χ0n) is 15.0. The van der Waals surface area contributed by atoms with E-state index in [1.165, 1.54) is 23.4 Å². The van der Waals surface area contributed by atoms with Crippen LogP contribution in [0.5, 0.6) is 0 Å². The Bertz CT molecular complexity index is 533. The third-order valence-corrected chi connectivity index (χ3v) is 6.19. The van der Waals surface area contributed by atoms with Crippen molar-refractivity contribution < 1.29 is 9.53 Å². The Morgan fingerprint density at radius 1 is 1.28 bits per heavy atom. The summed E-state index contributed by atoms with van der Waals surface area (Å²) in [5.41, 5.74) is 0.900. The minimum Gasteiger partial charge on any atom is -0.384 e. The normalized spacial score (nSPS) is 18.5. The van der Waals surface area contributed by atoms with Crippen LogP contribution in [0.4, 0.5) is 0 Å². The molecule has 8 heteroatoms. The molecule has 0 atom stereocenters. The first-order valence-corrected chi connectivity index (χ1v) is 9.39. The third-order valence-electron chi connectivity index (χ3n) is 5.04. The topological polar surface area (TPSA) is 54.5 Å². The number of thiazole rings is 1. The molecule has 0 bridgehead atoms. The molecule has 2 aliphatic rings. The van der Waals surface area contributed by atoms with Crippen molar-refractivity contribution in [1.29, 1.82) is 0 Å². The second-order valence-electron chi connectivity index (χ2n) is 6.81. The lowest BCUT2D eigenvalue weighted by Crippen LogP contribution is -2.50. The Hall–Kier alpha value is -0.400. The molecule has 144 valence electrons. The van der Waals surface area contributed by atoms with Crippen LogP contribution in [0.25, 0.3) is 0 Å². The van der Waals surface area contributed by atoms with Gasteiger partial charge in [0, 0.05) is 19.0 Å². The van der Waals surface area contributed by atoms with Crippen molar-refractivity contribution in [3.05, 3.63) is 15.6 Å². The number of nitrogens with zero attached hydrogens (tertiary/aromatic N) is 2. The lowest BCUT2D eigenvalue weighted by atomic mass is 9.78. The molecule has 1 N–H and O–H groups in total. The van der Waals surface area contributed by atoms with Gasteiger partial charge in [0.25, 0.3) is 0 Å². The maximum Gasteiger partial charge on any atom is 0.231 e. The summed E-state index contributed by atoms with van der Waals surface area (Å²) in [5.74, 6) is 0.203. The van der Waals surface area contributed by atoms with Crippen molar-refractivity contribution in [3.8, 4) is 0 Å². The number of aromatic nitrogens is 1. The number of hydrogen-bond acceptors (Lipinski definition) is 5. The number of ether oxygens (including phenoxy) is 1. The average molecular weight is 410 g/mol. The van der Waals surface area contributed by atoms with Gasteiger partial charge in [-0.2, -0.15) is 0 Å². The number of nitrogens with one attached hydrogen (secondary N) is 1. The van der Waals surface area contributed by atoms with E-state index < -0.39 is 0 Å². The van der Waals surface area contributed by atoms with Crippen molar-refractivity contribution in [1.82, 2.24) is 15.2 Å². The number of piperidine rings is 1. The standard InChI is InChI=1S/C17H27N3O2S.2ClH/c1-20(11-15-19-13-5-3-4-6-14(13)23-15)16(21)17(12-22-2)7-9-18-10-8-17;;/h18H,3-12H2,1-2H3;2*1H. The molecule has 5 nitrogen and oxygen atoms in total. The second kappa shape index (κ2) is 10.1. The van der Waals surface area contributed by atoms with Crippen LogP contribution in [-0.2, 0) is 28.9 Å². The zero-order valence-corrected chi connectivity index (χ0v) is 17.5. The predicted octanol–water partition coefficient (Wildman–Crippen LogP) is 2.84. The van der Waals surface area contributed by atoms with Gasteiger partial charge in [-0.05, 0) is 51.6 Å². The minimum absolute atomic E-state index is 0. The molecule has 0 spiro atoms. The van der Waals surface area contributed by atoms with Gasteiger partial charge >= 0.3 is 0 Å². The van der Waals surface area contributed by atoms with Gasteiger partial charge in [-0.25, -0.2) is 4.98 Å². The molecule has 1 aliphatic carbocycles. The molecule has 0 unspecified atom stereocenters. The number of halogens is 2. The number of fused-ring (bicyclic) bond motifs is 1. The van der Waals surface area contributed by atoms with E-state index in [0.29, 0.717) is 13.2 Å². The van der Waals surface area contributed by atoms with E-state index in [1.807, 2.05) is 11.9 Å². The lowest BCUT2D eigenvalue weighted by Gasteiger charge is -2.38. The summed E-state index contributed by atoms with van der Waals surface area (Å²) < 4.78 is 5.38. The van der Waals surface area contributed by atoms with E-state index in [9.17, 15) is 4.79 Å². The van der Waals surface area contributed by atoms with Crippen molar-refractivity contribution in [3.63, 3.8) is 0 Å². The van der Waals surface area contributed by atoms with Gasteiger partial charge < -0.3 is 15.0 Å². The van der Waals surface area contributed by atoms with Crippen molar-refractivity contribution in [2.45, 2.75) is 45.1 Å². The lowest BCUT2D eigenvalue weighted by molar-refractivity contribution is -0.146. The van der Waals surface area contributed by atoms with Crippen LogP contribution in [0.2, 0.25) is 0 Å². The molecule has 25 heavy (non-hydrogen) atoms. The first-order valence-electron chi connectivity index (χ1n) is 8.57. The fourth-order valence-electron chi connectivity index (χ4n) is 3.75. The maximum absolute atomic E-state index is 13.1. The van der Waals surface area contributed by atoms with Crippen LogP contribution in [0.3, 0.4) is 0 Å². The smallest absolute Gasteiger partial charge is 0.231 e. The van der Waals surface area contributed by atoms with Gasteiger partial charge in [-0.1, -0.05) is 0 Å². The van der Waals surface area contributed by atoms with Crippen LogP contribution in [0.15, 0.2) is 0 Å². The largest absolute Gasteiger partial charge is 0.384 e. The monoisotopic (exact) mass is 409 g/mol. The molecule has 1 saturated heterocycles. The number of amides is 1. The number of carbonyl (C=O) groups excluding carboxylic acids is 1. The van der Waals surface area contributed by atoms with E-state index in [2.05, 4.69) is 5.32 Å². The summed E-state index contributed by atoms with van der Waals surface area (Å²) in [6, 6.07) is 0. The van der Waals surface area contributed by atoms with Gasteiger partial charge in [0.15, 0.2) is 0 Å². The number of rotatable bonds is 5. The summed E-state index contributed by atoms with van der Waals surface area (Å²) in [4.78, 5) is 21.1. The highest BCUT2D eigenvalue weighted by atomic mass is 35.5. The molecule has 0 radical (unpaired) electrons. The maximum atomic E-state index is 13.1. The second-order valence-corrected chi connectivity index (χ2v) is 7.98. The molecule has 1 aliphatic heterocycles.